The van der Waals surface area contributed by atoms with Gasteiger partial charge in [-0.1, -0.05) is 18.5 Å². The largest absolute Gasteiger partial charge is 0.383 e. The van der Waals surface area contributed by atoms with E-state index in [1.54, 1.807) is 14.0 Å². The molecule has 21 heavy (non-hydrogen) atoms. The first-order valence-electron chi connectivity index (χ1n) is 6.50. The number of methoxy groups -OCH3 is 1. The van der Waals surface area contributed by atoms with Gasteiger partial charge in [-0.05, 0) is 24.7 Å². The minimum Gasteiger partial charge on any atom is -0.383 e. The predicted octanol–water partition coefficient (Wildman–Crippen LogP) is 1.86. The predicted molar refractivity (Wildman–Crippen MR) is 80.5 cm³/mol. The summed E-state index contributed by atoms with van der Waals surface area (Å²) < 4.78 is 45.0. The van der Waals surface area contributed by atoms with Crippen LogP contribution in [0.2, 0.25) is 5.02 Å². The summed E-state index contributed by atoms with van der Waals surface area (Å²) in [6.07, 6.45) is 0. The van der Waals surface area contributed by atoms with Crippen LogP contribution < -0.4 is 5.32 Å². The molecule has 0 unspecified atom stereocenters. The molecule has 0 saturated carbocycles. The Balaban J connectivity index is 3.23. The number of halogens is 2. The number of sulfonamides is 1. The van der Waals surface area contributed by atoms with Gasteiger partial charge in [-0.25, -0.2) is 12.8 Å². The number of hydrogen-bond acceptors (Lipinski definition) is 4. The van der Waals surface area contributed by atoms with E-state index in [-0.39, 0.29) is 36.2 Å². The fourth-order valence-electron chi connectivity index (χ4n) is 1.88. The lowest BCUT2D eigenvalue weighted by atomic mass is 10.2. The van der Waals surface area contributed by atoms with Crippen LogP contribution in [0.3, 0.4) is 0 Å². The highest BCUT2D eigenvalue weighted by Gasteiger charge is 2.25. The van der Waals surface area contributed by atoms with Crippen molar-refractivity contribution in [3.63, 3.8) is 0 Å². The highest BCUT2D eigenvalue weighted by atomic mass is 35.5. The summed E-state index contributed by atoms with van der Waals surface area (Å²) in [5, 5.41) is 2.76. The summed E-state index contributed by atoms with van der Waals surface area (Å²) >= 11 is 5.85. The summed E-state index contributed by atoms with van der Waals surface area (Å²) in [6.45, 7) is 2.75. The monoisotopic (exact) mass is 338 g/mol. The van der Waals surface area contributed by atoms with E-state index < -0.39 is 15.8 Å². The van der Waals surface area contributed by atoms with Gasteiger partial charge in [0, 0.05) is 26.7 Å². The molecule has 0 radical (unpaired) electrons. The molecule has 0 amide bonds. The van der Waals surface area contributed by atoms with Gasteiger partial charge >= 0.3 is 0 Å². The zero-order chi connectivity index (χ0) is 16.0. The van der Waals surface area contributed by atoms with Crippen LogP contribution >= 0.6 is 11.6 Å². The molecule has 0 aliphatic carbocycles. The second-order valence-corrected chi connectivity index (χ2v) is 6.71. The van der Waals surface area contributed by atoms with Crippen molar-refractivity contribution >= 4 is 21.6 Å². The molecule has 0 heterocycles. The lowest BCUT2D eigenvalue weighted by Gasteiger charge is -2.21. The molecule has 1 aromatic rings. The first-order valence-corrected chi connectivity index (χ1v) is 8.31. The van der Waals surface area contributed by atoms with Gasteiger partial charge in [0.15, 0.2) is 0 Å². The summed E-state index contributed by atoms with van der Waals surface area (Å²) in [4.78, 5) is -0.104. The fourth-order valence-corrected chi connectivity index (χ4v) is 3.55. The average molecular weight is 339 g/mol. The van der Waals surface area contributed by atoms with E-state index in [1.807, 2.05) is 0 Å². The minimum absolute atomic E-state index is 0.0664. The summed E-state index contributed by atoms with van der Waals surface area (Å²) in [6, 6.07) is 2.35. The highest BCUT2D eigenvalue weighted by Crippen LogP contribution is 2.26. The van der Waals surface area contributed by atoms with Crippen LogP contribution in [0.1, 0.15) is 12.5 Å². The maximum atomic E-state index is 13.8. The molecule has 1 N–H and O–H groups in total. The smallest absolute Gasteiger partial charge is 0.243 e. The molecule has 0 spiro atoms. The Kier molecular flexibility index (Phi) is 7.02. The second-order valence-electron chi connectivity index (χ2n) is 4.40. The zero-order valence-electron chi connectivity index (χ0n) is 12.3. The zero-order valence-corrected chi connectivity index (χ0v) is 13.9. The number of benzene rings is 1. The fraction of sp³-hybridized carbons (Fsp3) is 0.538. The SMILES string of the molecule is CCN(CCOC)S(=O)(=O)c1cc(F)c(Cl)c(CNC)c1. The number of likely N-dealkylation sites (N-methyl/N-ethyl adjacent to an activating group) is 1. The molecule has 0 aliphatic rings. The molecule has 0 atom stereocenters. The second kappa shape index (κ2) is 8.05. The number of nitrogens with zero attached hydrogens (tertiary/aromatic N) is 1. The molecule has 0 aliphatic heterocycles. The molecule has 120 valence electrons. The molecule has 1 aromatic carbocycles. The van der Waals surface area contributed by atoms with Crippen LogP contribution in [0.15, 0.2) is 17.0 Å². The van der Waals surface area contributed by atoms with Crippen LogP contribution in [0, 0.1) is 5.82 Å². The Morgan fingerprint density at radius 2 is 2.10 bits per heavy atom. The van der Waals surface area contributed by atoms with E-state index >= 15 is 0 Å². The van der Waals surface area contributed by atoms with E-state index in [4.69, 9.17) is 16.3 Å². The van der Waals surface area contributed by atoms with Crippen molar-refractivity contribution < 1.29 is 17.5 Å². The Morgan fingerprint density at radius 3 is 2.62 bits per heavy atom. The molecule has 1 rings (SSSR count). The van der Waals surface area contributed by atoms with Gasteiger partial charge < -0.3 is 10.1 Å². The third-order valence-electron chi connectivity index (χ3n) is 2.98. The molecule has 0 saturated heterocycles. The Hall–Kier alpha value is -0.730. The van der Waals surface area contributed by atoms with Gasteiger partial charge in [0.1, 0.15) is 5.82 Å². The van der Waals surface area contributed by atoms with Gasteiger partial charge in [-0.3, -0.25) is 0 Å². The first-order chi connectivity index (χ1) is 9.88. The van der Waals surface area contributed by atoms with Gasteiger partial charge in [0.25, 0.3) is 0 Å². The van der Waals surface area contributed by atoms with Gasteiger partial charge in [0.05, 0.1) is 16.5 Å². The number of hydrogen-bond donors (Lipinski definition) is 1. The van der Waals surface area contributed by atoms with Crippen molar-refractivity contribution in [2.24, 2.45) is 0 Å². The van der Waals surface area contributed by atoms with Crippen molar-refractivity contribution in [1.82, 2.24) is 9.62 Å². The van der Waals surface area contributed by atoms with E-state index in [9.17, 15) is 12.8 Å². The first kappa shape index (κ1) is 18.3. The quantitative estimate of drug-likeness (QED) is 0.786. The lowest BCUT2D eigenvalue weighted by molar-refractivity contribution is 0.180. The van der Waals surface area contributed by atoms with Crippen molar-refractivity contribution in [1.29, 1.82) is 0 Å². The molecule has 0 aromatic heterocycles. The molecular formula is C13H20ClFN2O3S. The van der Waals surface area contributed by atoms with Gasteiger partial charge in [0.2, 0.25) is 10.0 Å². The van der Waals surface area contributed by atoms with E-state index in [0.29, 0.717) is 5.56 Å². The molecule has 0 bridgehead atoms. The average Bonchev–Trinajstić information content (AvgIpc) is 2.44. The summed E-state index contributed by atoms with van der Waals surface area (Å²) in [5.74, 6) is -0.745. The van der Waals surface area contributed by atoms with Crippen LogP contribution in [0.25, 0.3) is 0 Å². The number of rotatable bonds is 8. The third kappa shape index (κ3) is 4.37. The standard InChI is InChI=1S/C13H20ClFN2O3S/c1-4-17(5-6-20-3)21(18,19)11-7-10(9-16-2)13(14)12(15)8-11/h7-8,16H,4-6,9H2,1-3H3. The van der Waals surface area contributed by atoms with Crippen LogP contribution in [0.4, 0.5) is 4.39 Å². The number of ether oxygens (including phenoxy) is 1. The third-order valence-corrected chi connectivity index (χ3v) is 5.35. The Morgan fingerprint density at radius 1 is 1.43 bits per heavy atom. The lowest BCUT2D eigenvalue weighted by Crippen LogP contribution is -2.34. The van der Waals surface area contributed by atoms with Gasteiger partial charge in [-0.2, -0.15) is 4.31 Å². The van der Waals surface area contributed by atoms with Crippen LogP contribution in [-0.4, -0.2) is 46.6 Å². The van der Waals surface area contributed by atoms with Gasteiger partial charge in [-0.15, -0.1) is 0 Å². The molecule has 5 nitrogen and oxygen atoms in total. The van der Waals surface area contributed by atoms with Crippen LogP contribution in [0.5, 0.6) is 0 Å². The molecular weight excluding hydrogens is 319 g/mol. The Labute approximate surface area is 130 Å². The van der Waals surface area contributed by atoms with E-state index in [0.717, 1.165) is 6.07 Å². The topological polar surface area (TPSA) is 58.6 Å². The van der Waals surface area contributed by atoms with Crippen molar-refractivity contribution in [2.75, 3.05) is 33.9 Å². The molecule has 8 heteroatoms. The normalized spacial score (nSPS) is 12.1. The van der Waals surface area contributed by atoms with Crippen molar-refractivity contribution in [3.05, 3.63) is 28.5 Å². The van der Waals surface area contributed by atoms with Crippen LogP contribution in [-0.2, 0) is 21.3 Å². The summed E-state index contributed by atoms with van der Waals surface area (Å²) in [5.41, 5.74) is 0.403. The summed E-state index contributed by atoms with van der Waals surface area (Å²) in [7, 11) is -0.610. The maximum absolute atomic E-state index is 13.8. The maximum Gasteiger partial charge on any atom is 0.243 e. The number of nitrogens with one attached hydrogen (secondary N) is 1. The highest BCUT2D eigenvalue weighted by molar-refractivity contribution is 7.89. The molecule has 0 fully saturated rings. The minimum atomic E-state index is -3.78. The van der Waals surface area contributed by atoms with E-state index in [2.05, 4.69) is 5.32 Å². The van der Waals surface area contributed by atoms with Crippen molar-refractivity contribution in [3.8, 4) is 0 Å². The Bertz CT molecular complexity index is 581. The van der Waals surface area contributed by atoms with Crippen molar-refractivity contribution in [2.45, 2.75) is 18.4 Å². The van der Waals surface area contributed by atoms with E-state index in [1.165, 1.54) is 17.5 Å².